The molecule has 0 unspecified atom stereocenters. The zero-order valence-corrected chi connectivity index (χ0v) is 12.2. The first-order valence-corrected chi connectivity index (χ1v) is 7.94. The van der Waals surface area contributed by atoms with Crippen molar-refractivity contribution in [3.05, 3.63) is 59.1 Å². The quantitative estimate of drug-likeness (QED) is 0.775. The Morgan fingerprint density at radius 2 is 1.63 bits per heavy atom. The summed E-state index contributed by atoms with van der Waals surface area (Å²) >= 11 is 3.28. The Kier molecular flexibility index (Phi) is 2.95. The van der Waals surface area contributed by atoms with Crippen LogP contribution in [0.25, 0.3) is 10.9 Å². The number of nitrogens with one attached hydrogen (secondary N) is 1. The minimum Gasteiger partial charge on any atom is -0.345 e. The van der Waals surface area contributed by atoms with Crippen LogP contribution in [0, 0.1) is 0 Å². The molecule has 0 bridgehead atoms. The number of aromatic nitrogens is 1. The summed E-state index contributed by atoms with van der Waals surface area (Å²) in [5, 5.41) is 1.09. The summed E-state index contributed by atoms with van der Waals surface area (Å²) in [5.74, 6) is 0. The summed E-state index contributed by atoms with van der Waals surface area (Å²) < 4.78 is 25.7. The molecule has 1 heterocycles. The van der Waals surface area contributed by atoms with E-state index in [2.05, 4.69) is 20.9 Å². The highest BCUT2D eigenvalue weighted by Gasteiger charge is 2.22. The van der Waals surface area contributed by atoms with Gasteiger partial charge in [0.05, 0.1) is 4.90 Å². The Labute approximate surface area is 119 Å². The predicted octanol–water partition coefficient (Wildman–Crippen LogP) is 3.76. The van der Waals surface area contributed by atoms with E-state index in [9.17, 15) is 8.42 Å². The standard InChI is InChI=1S/C14H10BrNO2S/c15-11-6-2-4-8-13(11)19(17,18)14-9-10-5-1-3-7-12(10)16-14/h1-9,16H. The highest BCUT2D eigenvalue weighted by molar-refractivity contribution is 9.10. The minimum atomic E-state index is -3.53. The number of sulfone groups is 1. The van der Waals surface area contributed by atoms with E-state index in [1.54, 1.807) is 30.3 Å². The lowest BCUT2D eigenvalue weighted by atomic mass is 10.3. The molecule has 0 fully saturated rings. The molecule has 19 heavy (non-hydrogen) atoms. The average Bonchev–Trinajstić information content (AvgIpc) is 2.83. The molecule has 5 heteroatoms. The van der Waals surface area contributed by atoms with Crippen LogP contribution in [0.15, 0.2) is 69.0 Å². The van der Waals surface area contributed by atoms with Gasteiger partial charge in [-0.25, -0.2) is 8.42 Å². The fourth-order valence-corrected chi connectivity index (χ4v) is 4.24. The van der Waals surface area contributed by atoms with Crippen molar-refractivity contribution in [3.63, 3.8) is 0 Å². The summed E-state index contributed by atoms with van der Waals surface area (Å²) in [4.78, 5) is 3.22. The molecule has 1 aromatic heterocycles. The van der Waals surface area contributed by atoms with Crippen LogP contribution in [0.1, 0.15) is 0 Å². The third-order valence-electron chi connectivity index (χ3n) is 2.92. The van der Waals surface area contributed by atoms with E-state index < -0.39 is 9.84 Å². The highest BCUT2D eigenvalue weighted by atomic mass is 79.9. The molecule has 0 amide bonds. The van der Waals surface area contributed by atoms with Crippen molar-refractivity contribution < 1.29 is 8.42 Å². The number of rotatable bonds is 2. The topological polar surface area (TPSA) is 49.9 Å². The first-order valence-electron chi connectivity index (χ1n) is 5.66. The molecule has 0 saturated heterocycles. The number of para-hydroxylation sites is 1. The summed E-state index contributed by atoms with van der Waals surface area (Å²) in [5.41, 5.74) is 0.813. The van der Waals surface area contributed by atoms with Gasteiger partial charge < -0.3 is 4.98 Å². The van der Waals surface area contributed by atoms with Gasteiger partial charge in [-0.15, -0.1) is 0 Å². The number of H-pyrrole nitrogens is 1. The van der Waals surface area contributed by atoms with Crippen LogP contribution in [0.5, 0.6) is 0 Å². The van der Waals surface area contributed by atoms with Gasteiger partial charge in [0.1, 0.15) is 5.03 Å². The second kappa shape index (κ2) is 4.51. The number of hydrogen-bond donors (Lipinski definition) is 1. The Morgan fingerprint density at radius 3 is 2.37 bits per heavy atom. The molecule has 0 radical (unpaired) electrons. The van der Waals surface area contributed by atoms with E-state index in [1.807, 2.05) is 24.3 Å². The summed E-state index contributed by atoms with van der Waals surface area (Å²) in [6, 6.07) is 15.9. The molecular formula is C14H10BrNO2S. The van der Waals surface area contributed by atoms with Crippen molar-refractivity contribution in [2.45, 2.75) is 9.92 Å². The SMILES string of the molecule is O=S(=O)(c1cc2ccccc2[nH]1)c1ccccc1Br. The zero-order valence-electron chi connectivity index (χ0n) is 9.80. The lowest BCUT2D eigenvalue weighted by Crippen LogP contribution is -2.02. The van der Waals surface area contributed by atoms with Gasteiger partial charge in [-0.2, -0.15) is 0 Å². The van der Waals surface area contributed by atoms with Gasteiger partial charge in [-0.3, -0.25) is 0 Å². The van der Waals surface area contributed by atoms with Crippen molar-refractivity contribution >= 4 is 36.7 Å². The van der Waals surface area contributed by atoms with E-state index in [-0.39, 0.29) is 9.92 Å². The number of hydrogen-bond acceptors (Lipinski definition) is 2. The van der Waals surface area contributed by atoms with Crippen molar-refractivity contribution in [3.8, 4) is 0 Å². The fraction of sp³-hybridized carbons (Fsp3) is 0. The molecule has 0 spiro atoms. The van der Waals surface area contributed by atoms with Gasteiger partial charge in [-0.1, -0.05) is 30.3 Å². The van der Waals surface area contributed by atoms with E-state index in [1.165, 1.54) is 0 Å². The molecule has 0 atom stereocenters. The van der Waals surface area contributed by atoms with Crippen LogP contribution in [0.4, 0.5) is 0 Å². The third-order valence-corrected chi connectivity index (χ3v) is 5.61. The molecule has 96 valence electrons. The Bertz CT molecular complexity index is 820. The number of benzene rings is 2. The van der Waals surface area contributed by atoms with Crippen molar-refractivity contribution in [2.24, 2.45) is 0 Å². The maximum absolute atomic E-state index is 12.6. The summed E-state index contributed by atoms with van der Waals surface area (Å²) in [7, 11) is -3.53. The van der Waals surface area contributed by atoms with Crippen LogP contribution < -0.4 is 0 Å². The molecule has 0 aliphatic rings. The van der Waals surface area contributed by atoms with Gasteiger partial charge in [0.2, 0.25) is 9.84 Å². The van der Waals surface area contributed by atoms with E-state index in [0.29, 0.717) is 4.47 Å². The molecule has 3 rings (SSSR count). The third kappa shape index (κ3) is 2.09. The monoisotopic (exact) mass is 335 g/mol. The summed E-state index contributed by atoms with van der Waals surface area (Å²) in [6.07, 6.45) is 0. The normalized spacial score (nSPS) is 11.8. The Hall–Kier alpha value is -1.59. The first kappa shape index (κ1) is 12.4. The van der Waals surface area contributed by atoms with Gasteiger partial charge in [-0.05, 0) is 40.2 Å². The molecule has 2 aromatic carbocycles. The maximum atomic E-state index is 12.6. The van der Waals surface area contributed by atoms with Crippen molar-refractivity contribution in [1.82, 2.24) is 4.98 Å². The number of fused-ring (bicyclic) bond motifs is 1. The van der Waals surface area contributed by atoms with E-state index >= 15 is 0 Å². The van der Waals surface area contributed by atoms with Crippen molar-refractivity contribution in [2.75, 3.05) is 0 Å². The van der Waals surface area contributed by atoms with E-state index in [0.717, 1.165) is 10.9 Å². The zero-order chi connectivity index (χ0) is 13.5. The van der Waals surface area contributed by atoms with Crippen LogP contribution in [0.3, 0.4) is 0 Å². The predicted molar refractivity (Wildman–Crippen MR) is 77.9 cm³/mol. The molecule has 0 aliphatic heterocycles. The smallest absolute Gasteiger partial charge is 0.222 e. The number of halogens is 1. The van der Waals surface area contributed by atoms with Gasteiger partial charge in [0.25, 0.3) is 0 Å². The lowest BCUT2D eigenvalue weighted by Gasteiger charge is -2.03. The second-order valence-corrected chi connectivity index (χ2v) is 6.90. The van der Waals surface area contributed by atoms with E-state index in [4.69, 9.17) is 0 Å². The fourth-order valence-electron chi connectivity index (χ4n) is 1.97. The Morgan fingerprint density at radius 1 is 0.947 bits per heavy atom. The van der Waals surface area contributed by atoms with Gasteiger partial charge in [0, 0.05) is 15.4 Å². The van der Waals surface area contributed by atoms with Gasteiger partial charge in [0.15, 0.2) is 0 Å². The average molecular weight is 336 g/mol. The minimum absolute atomic E-state index is 0.209. The molecule has 3 aromatic rings. The van der Waals surface area contributed by atoms with Crippen LogP contribution in [0.2, 0.25) is 0 Å². The van der Waals surface area contributed by atoms with Gasteiger partial charge >= 0.3 is 0 Å². The Balaban J connectivity index is 2.23. The van der Waals surface area contributed by atoms with Crippen LogP contribution >= 0.6 is 15.9 Å². The molecule has 0 saturated carbocycles. The summed E-state index contributed by atoms with van der Waals surface area (Å²) in [6.45, 7) is 0. The molecule has 3 nitrogen and oxygen atoms in total. The first-order chi connectivity index (χ1) is 9.09. The second-order valence-electron chi connectivity index (χ2n) is 4.15. The number of aromatic amines is 1. The largest absolute Gasteiger partial charge is 0.345 e. The van der Waals surface area contributed by atoms with Crippen molar-refractivity contribution in [1.29, 1.82) is 0 Å². The molecule has 1 N–H and O–H groups in total. The highest BCUT2D eigenvalue weighted by Crippen LogP contribution is 2.29. The van der Waals surface area contributed by atoms with Crippen LogP contribution in [-0.2, 0) is 9.84 Å². The van der Waals surface area contributed by atoms with Crippen LogP contribution in [-0.4, -0.2) is 13.4 Å². The maximum Gasteiger partial charge on any atom is 0.222 e. The molecule has 0 aliphatic carbocycles. The lowest BCUT2D eigenvalue weighted by molar-refractivity contribution is 0.593. The molecular weight excluding hydrogens is 326 g/mol.